The summed E-state index contributed by atoms with van der Waals surface area (Å²) in [7, 11) is 0. The van der Waals surface area contributed by atoms with Crippen molar-refractivity contribution in [1.29, 1.82) is 0 Å². The van der Waals surface area contributed by atoms with E-state index >= 15 is 0 Å². The lowest BCUT2D eigenvalue weighted by Gasteiger charge is -2.02. The van der Waals surface area contributed by atoms with E-state index in [1.165, 1.54) is 5.56 Å². The molecule has 0 aliphatic heterocycles. The molecular formula is C13H14N6S. The van der Waals surface area contributed by atoms with E-state index in [1.54, 1.807) is 22.5 Å². The number of fused-ring (bicyclic) bond motifs is 1. The quantitative estimate of drug-likeness (QED) is 0.575. The molecule has 102 valence electrons. The van der Waals surface area contributed by atoms with Crippen LogP contribution in [0.2, 0.25) is 0 Å². The third-order valence-electron chi connectivity index (χ3n) is 2.83. The van der Waals surface area contributed by atoms with Gasteiger partial charge in [0.2, 0.25) is 5.16 Å². The molecule has 6 nitrogen and oxygen atoms in total. The van der Waals surface area contributed by atoms with Crippen LogP contribution in [0.4, 0.5) is 0 Å². The van der Waals surface area contributed by atoms with Gasteiger partial charge < -0.3 is 4.98 Å². The predicted molar refractivity (Wildman–Crippen MR) is 78.4 cm³/mol. The standard InChI is InChI=1S/C13H14N6S/c1-3-6-19-13(16-17-18-19)20-8-10-4-5-11-12(7-10)15-9(2)14-11/h3-5,7H,1,6,8H2,2H3,(H,14,15). The Morgan fingerprint density at radius 2 is 2.35 bits per heavy atom. The molecule has 1 N–H and O–H groups in total. The van der Waals surface area contributed by atoms with Gasteiger partial charge >= 0.3 is 0 Å². The Morgan fingerprint density at radius 3 is 3.20 bits per heavy atom. The molecule has 3 aromatic rings. The summed E-state index contributed by atoms with van der Waals surface area (Å²) in [5, 5.41) is 12.4. The summed E-state index contributed by atoms with van der Waals surface area (Å²) >= 11 is 1.61. The first-order valence-electron chi connectivity index (χ1n) is 6.21. The summed E-state index contributed by atoms with van der Waals surface area (Å²) in [4.78, 5) is 7.64. The number of rotatable bonds is 5. The summed E-state index contributed by atoms with van der Waals surface area (Å²) in [5.74, 6) is 1.74. The third-order valence-corrected chi connectivity index (χ3v) is 3.86. The molecule has 2 aromatic heterocycles. The van der Waals surface area contributed by atoms with Crippen LogP contribution in [0.1, 0.15) is 11.4 Å². The lowest BCUT2D eigenvalue weighted by Crippen LogP contribution is -1.99. The molecule has 0 fully saturated rings. The fourth-order valence-electron chi connectivity index (χ4n) is 1.96. The van der Waals surface area contributed by atoms with Crippen molar-refractivity contribution in [3.8, 4) is 0 Å². The van der Waals surface area contributed by atoms with Gasteiger partial charge in [-0.1, -0.05) is 23.9 Å². The maximum atomic E-state index is 4.39. The van der Waals surface area contributed by atoms with E-state index in [4.69, 9.17) is 0 Å². The van der Waals surface area contributed by atoms with Crippen molar-refractivity contribution >= 4 is 22.8 Å². The maximum Gasteiger partial charge on any atom is 0.209 e. The number of imidazole rings is 1. The Hall–Kier alpha value is -2.15. The van der Waals surface area contributed by atoms with Crippen molar-refractivity contribution in [2.75, 3.05) is 0 Å². The molecule has 0 saturated carbocycles. The van der Waals surface area contributed by atoms with Crippen molar-refractivity contribution < 1.29 is 0 Å². The van der Waals surface area contributed by atoms with Crippen molar-refractivity contribution in [2.24, 2.45) is 0 Å². The Balaban J connectivity index is 1.75. The van der Waals surface area contributed by atoms with Gasteiger partial charge in [0.15, 0.2) is 0 Å². The summed E-state index contributed by atoms with van der Waals surface area (Å²) in [6.07, 6.45) is 1.78. The van der Waals surface area contributed by atoms with Crippen molar-refractivity contribution in [3.63, 3.8) is 0 Å². The summed E-state index contributed by atoms with van der Waals surface area (Å²) in [6.45, 7) is 6.27. The molecule has 0 atom stereocenters. The Bertz CT molecular complexity index is 744. The van der Waals surface area contributed by atoms with E-state index < -0.39 is 0 Å². The molecule has 0 radical (unpaired) electrons. The second-order valence-corrected chi connectivity index (χ2v) is 5.34. The summed E-state index contributed by atoms with van der Waals surface area (Å²) < 4.78 is 1.73. The lowest BCUT2D eigenvalue weighted by atomic mass is 10.2. The van der Waals surface area contributed by atoms with Crippen molar-refractivity contribution in [3.05, 3.63) is 42.2 Å². The summed E-state index contributed by atoms with van der Waals surface area (Å²) in [6, 6.07) is 6.22. The number of tetrazole rings is 1. The zero-order valence-electron chi connectivity index (χ0n) is 11.1. The van der Waals surface area contributed by atoms with Gasteiger partial charge in [0, 0.05) is 5.75 Å². The molecule has 0 unspecified atom stereocenters. The highest BCUT2D eigenvalue weighted by Crippen LogP contribution is 2.22. The molecule has 20 heavy (non-hydrogen) atoms. The number of nitrogens with one attached hydrogen (secondary N) is 1. The van der Waals surface area contributed by atoms with E-state index in [2.05, 4.69) is 44.2 Å². The van der Waals surface area contributed by atoms with E-state index in [-0.39, 0.29) is 0 Å². The van der Waals surface area contributed by atoms with E-state index in [0.29, 0.717) is 6.54 Å². The smallest absolute Gasteiger partial charge is 0.209 e. The Kier molecular flexibility index (Phi) is 3.51. The number of aromatic amines is 1. The fourth-order valence-corrected chi connectivity index (χ4v) is 2.79. The molecule has 3 rings (SSSR count). The largest absolute Gasteiger partial charge is 0.342 e. The van der Waals surface area contributed by atoms with Gasteiger partial charge in [0.1, 0.15) is 5.82 Å². The van der Waals surface area contributed by atoms with Gasteiger partial charge in [0.05, 0.1) is 17.6 Å². The number of benzene rings is 1. The average Bonchev–Trinajstić information content (AvgIpc) is 3.01. The molecular weight excluding hydrogens is 272 g/mol. The number of hydrogen-bond acceptors (Lipinski definition) is 5. The number of allylic oxidation sites excluding steroid dienone is 1. The van der Waals surface area contributed by atoms with Crippen LogP contribution in [-0.2, 0) is 12.3 Å². The molecule has 0 aliphatic carbocycles. The van der Waals surface area contributed by atoms with Crippen LogP contribution in [-0.4, -0.2) is 30.2 Å². The molecule has 2 heterocycles. The second-order valence-electron chi connectivity index (χ2n) is 4.39. The maximum absolute atomic E-state index is 4.39. The van der Waals surface area contributed by atoms with Crippen molar-refractivity contribution in [1.82, 2.24) is 30.2 Å². The highest BCUT2D eigenvalue weighted by atomic mass is 32.2. The SMILES string of the molecule is C=CCn1nnnc1SCc1ccc2nc(C)[nH]c2c1. The lowest BCUT2D eigenvalue weighted by molar-refractivity contribution is 0.614. The van der Waals surface area contributed by atoms with E-state index in [9.17, 15) is 0 Å². The molecule has 7 heteroatoms. The van der Waals surface area contributed by atoms with Crippen LogP contribution in [0.3, 0.4) is 0 Å². The first kappa shape index (κ1) is 12.9. The first-order valence-corrected chi connectivity index (χ1v) is 7.20. The number of aromatic nitrogens is 6. The van der Waals surface area contributed by atoms with Gasteiger partial charge in [-0.2, -0.15) is 0 Å². The number of thioether (sulfide) groups is 1. The molecule has 0 bridgehead atoms. The van der Waals surface area contributed by atoms with E-state index in [0.717, 1.165) is 27.8 Å². The van der Waals surface area contributed by atoms with Gasteiger partial charge in [0.25, 0.3) is 0 Å². The number of H-pyrrole nitrogens is 1. The number of hydrogen-bond donors (Lipinski definition) is 1. The predicted octanol–water partition coefficient (Wildman–Crippen LogP) is 2.34. The van der Waals surface area contributed by atoms with Crippen LogP contribution in [0.15, 0.2) is 36.0 Å². The van der Waals surface area contributed by atoms with Gasteiger partial charge in [-0.3, -0.25) is 0 Å². The first-order chi connectivity index (χ1) is 9.76. The zero-order valence-corrected chi connectivity index (χ0v) is 11.9. The molecule has 0 spiro atoms. The van der Waals surface area contributed by atoms with Crippen LogP contribution in [0.5, 0.6) is 0 Å². The minimum Gasteiger partial charge on any atom is -0.342 e. The van der Waals surface area contributed by atoms with Crippen LogP contribution in [0, 0.1) is 6.92 Å². The van der Waals surface area contributed by atoms with Crippen molar-refractivity contribution in [2.45, 2.75) is 24.4 Å². The Labute approximate surface area is 120 Å². The van der Waals surface area contributed by atoms with Crippen LogP contribution >= 0.6 is 11.8 Å². The molecule has 0 amide bonds. The monoisotopic (exact) mass is 286 g/mol. The normalized spacial score (nSPS) is 11.1. The number of nitrogens with zero attached hydrogens (tertiary/aromatic N) is 5. The highest BCUT2D eigenvalue weighted by Gasteiger charge is 2.07. The zero-order chi connectivity index (χ0) is 13.9. The van der Waals surface area contributed by atoms with Gasteiger partial charge in [-0.15, -0.1) is 11.7 Å². The highest BCUT2D eigenvalue weighted by molar-refractivity contribution is 7.98. The third kappa shape index (κ3) is 2.57. The fraction of sp³-hybridized carbons (Fsp3) is 0.231. The Morgan fingerprint density at radius 1 is 1.45 bits per heavy atom. The molecule has 0 aliphatic rings. The van der Waals surface area contributed by atoms with Gasteiger partial charge in [-0.05, 0) is 35.0 Å². The molecule has 0 saturated heterocycles. The summed E-state index contributed by atoms with van der Waals surface area (Å²) in [5.41, 5.74) is 3.26. The number of aryl methyl sites for hydroxylation is 1. The topological polar surface area (TPSA) is 72.3 Å². The minimum atomic E-state index is 0.619. The van der Waals surface area contributed by atoms with Crippen LogP contribution < -0.4 is 0 Å². The van der Waals surface area contributed by atoms with E-state index in [1.807, 2.05) is 13.0 Å². The average molecular weight is 286 g/mol. The second kappa shape index (κ2) is 5.46. The minimum absolute atomic E-state index is 0.619. The van der Waals surface area contributed by atoms with Gasteiger partial charge in [-0.25, -0.2) is 9.67 Å². The van der Waals surface area contributed by atoms with Crippen LogP contribution in [0.25, 0.3) is 11.0 Å². The molecule has 1 aromatic carbocycles.